The molecule has 2 N–H and O–H groups in total. The molecule has 0 aliphatic carbocycles. The number of aryl methyl sites for hydroxylation is 1. The van der Waals surface area contributed by atoms with Crippen molar-refractivity contribution >= 4 is 24.0 Å². The van der Waals surface area contributed by atoms with Crippen molar-refractivity contribution in [2.45, 2.75) is 46.8 Å². The van der Waals surface area contributed by atoms with Crippen molar-refractivity contribution in [2.24, 2.45) is 11.0 Å². The Labute approximate surface area is 210 Å². The molecular formula is C28H31N3O5. The molecule has 1 atom stereocenters. The Morgan fingerprint density at radius 3 is 2.36 bits per heavy atom. The van der Waals surface area contributed by atoms with Gasteiger partial charge in [-0.25, -0.2) is 10.2 Å². The Morgan fingerprint density at radius 2 is 1.67 bits per heavy atom. The molecule has 2 amide bonds. The van der Waals surface area contributed by atoms with E-state index in [1.807, 2.05) is 32.9 Å². The first-order chi connectivity index (χ1) is 17.1. The van der Waals surface area contributed by atoms with E-state index in [2.05, 4.69) is 15.8 Å². The van der Waals surface area contributed by atoms with Crippen molar-refractivity contribution in [3.05, 3.63) is 83.1 Å². The van der Waals surface area contributed by atoms with Gasteiger partial charge in [-0.2, -0.15) is 5.10 Å². The largest absolute Gasteiger partial charge is 0.459 e. The van der Waals surface area contributed by atoms with Gasteiger partial charge < -0.3 is 14.5 Å². The molecule has 36 heavy (non-hydrogen) atoms. The normalized spacial score (nSPS) is 12.1. The quantitative estimate of drug-likeness (QED) is 0.257. The third-order valence-electron chi connectivity index (χ3n) is 5.23. The Balaban J connectivity index is 1.63. The van der Waals surface area contributed by atoms with Gasteiger partial charge in [-0.1, -0.05) is 43.7 Å². The number of furan rings is 1. The average Bonchev–Trinajstić information content (AvgIpc) is 3.30. The molecule has 0 fully saturated rings. The number of ether oxygens (including phenoxy) is 1. The van der Waals surface area contributed by atoms with Crippen LogP contribution < -0.4 is 10.7 Å². The number of nitrogens with zero attached hydrogens (tertiary/aromatic N) is 1. The van der Waals surface area contributed by atoms with Crippen LogP contribution in [-0.2, 0) is 9.53 Å². The zero-order valence-electron chi connectivity index (χ0n) is 21.1. The van der Waals surface area contributed by atoms with E-state index in [-0.39, 0.29) is 17.9 Å². The molecule has 188 valence electrons. The van der Waals surface area contributed by atoms with E-state index in [9.17, 15) is 14.4 Å². The van der Waals surface area contributed by atoms with Crippen LogP contribution in [0.5, 0.6) is 0 Å². The Morgan fingerprint density at radius 1 is 0.944 bits per heavy atom. The number of hydrogen-bond acceptors (Lipinski definition) is 6. The minimum atomic E-state index is -0.768. The van der Waals surface area contributed by atoms with Crippen LogP contribution in [0.3, 0.4) is 0 Å². The number of rotatable bonds is 9. The number of carbonyl (C=O) groups is 3. The van der Waals surface area contributed by atoms with E-state index in [0.29, 0.717) is 28.2 Å². The lowest BCUT2D eigenvalue weighted by molar-refractivity contribution is -0.123. The number of benzene rings is 2. The second-order valence-corrected chi connectivity index (χ2v) is 9.04. The van der Waals surface area contributed by atoms with E-state index in [0.717, 1.165) is 5.56 Å². The van der Waals surface area contributed by atoms with Crippen LogP contribution in [0.4, 0.5) is 0 Å². The fourth-order valence-corrected chi connectivity index (χ4v) is 3.43. The predicted molar refractivity (Wildman–Crippen MR) is 138 cm³/mol. The number of hydrogen-bond donors (Lipinski definition) is 2. The molecule has 1 heterocycles. The summed E-state index contributed by atoms with van der Waals surface area (Å²) >= 11 is 0. The first kappa shape index (κ1) is 26.4. The van der Waals surface area contributed by atoms with Gasteiger partial charge >= 0.3 is 5.97 Å². The van der Waals surface area contributed by atoms with Gasteiger partial charge in [0.05, 0.1) is 17.9 Å². The molecule has 2 aromatic carbocycles. The van der Waals surface area contributed by atoms with Crippen LogP contribution in [0, 0.1) is 12.8 Å². The summed E-state index contributed by atoms with van der Waals surface area (Å²) in [5.74, 6) is -0.383. The Bertz CT molecular complexity index is 1260. The third kappa shape index (κ3) is 7.15. The standard InChI is InChI=1S/C28H31N3O5/c1-17(2)25(30-26(32)21-10-6-8-19(5)14-21)27(33)31-29-16-23-12-13-24(36-23)20-9-7-11-22(15-20)28(34)35-18(3)4/h6-18,25H,1-5H3,(H,30,32)(H,31,33)/b29-16+/t25-/m0/s1. The van der Waals surface area contributed by atoms with Crippen molar-refractivity contribution in [2.75, 3.05) is 0 Å². The lowest BCUT2D eigenvalue weighted by Crippen LogP contribution is -2.48. The number of hydrazone groups is 1. The average molecular weight is 490 g/mol. The summed E-state index contributed by atoms with van der Waals surface area (Å²) in [7, 11) is 0. The summed E-state index contributed by atoms with van der Waals surface area (Å²) in [5.41, 5.74) is 5.04. The van der Waals surface area contributed by atoms with Gasteiger partial charge in [-0.3, -0.25) is 9.59 Å². The summed E-state index contributed by atoms with van der Waals surface area (Å²) in [6.07, 6.45) is 1.16. The van der Waals surface area contributed by atoms with E-state index in [4.69, 9.17) is 9.15 Å². The molecule has 0 saturated heterocycles. The number of esters is 1. The van der Waals surface area contributed by atoms with Gasteiger partial charge in [0.1, 0.15) is 17.6 Å². The molecular weight excluding hydrogens is 458 g/mol. The van der Waals surface area contributed by atoms with Crippen molar-refractivity contribution in [1.29, 1.82) is 0 Å². The van der Waals surface area contributed by atoms with Crippen LogP contribution in [0.15, 0.2) is 70.2 Å². The molecule has 3 aromatic rings. The minimum Gasteiger partial charge on any atom is -0.459 e. The molecule has 8 heteroatoms. The highest BCUT2D eigenvalue weighted by atomic mass is 16.5. The monoisotopic (exact) mass is 489 g/mol. The van der Waals surface area contributed by atoms with Crippen molar-refractivity contribution in [3.8, 4) is 11.3 Å². The highest BCUT2D eigenvalue weighted by Gasteiger charge is 2.24. The highest BCUT2D eigenvalue weighted by molar-refractivity contribution is 5.98. The van der Waals surface area contributed by atoms with E-state index in [1.54, 1.807) is 62.4 Å². The Hall–Kier alpha value is -4.20. The van der Waals surface area contributed by atoms with Gasteiger partial charge in [0.25, 0.3) is 11.8 Å². The first-order valence-electron chi connectivity index (χ1n) is 11.8. The van der Waals surface area contributed by atoms with Crippen LogP contribution in [0.25, 0.3) is 11.3 Å². The van der Waals surface area contributed by atoms with Crippen LogP contribution in [-0.4, -0.2) is 36.1 Å². The smallest absolute Gasteiger partial charge is 0.338 e. The molecule has 0 spiro atoms. The lowest BCUT2D eigenvalue weighted by atomic mass is 10.0. The third-order valence-corrected chi connectivity index (χ3v) is 5.23. The van der Waals surface area contributed by atoms with Gasteiger partial charge in [-0.05, 0) is 63.1 Å². The number of carbonyl (C=O) groups excluding carboxylic acids is 3. The maximum Gasteiger partial charge on any atom is 0.338 e. The minimum absolute atomic E-state index is 0.154. The molecule has 0 aliphatic rings. The topological polar surface area (TPSA) is 110 Å². The van der Waals surface area contributed by atoms with Gasteiger partial charge in [0.15, 0.2) is 0 Å². The maximum absolute atomic E-state index is 12.7. The molecule has 0 unspecified atom stereocenters. The lowest BCUT2D eigenvalue weighted by Gasteiger charge is -2.20. The first-order valence-corrected chi connectivity index (χ1v) is 11.8. The van der Waals surface area contributed by atoms with Crippen LogP contribution >= 0.6 is 0 Å². The van der Waals surface area contributed by atoms with Gasteiger partial charge in [-0.15, -0.1) is 0 Å². The zero-order chi connectivity index (χ0) is 26.2. The molecule has 0 saturated carbocycles. The zero-order valence-corrected chi connectivity index (χ0v) is 21.1. The second-order valence-electron chi connectivity index (χ2n) is 9.04. The maximum atomic E-state index is 12.7. The van der Waals surface area contributed by atoms with E-state index >= 15 is 0 Å². The summed E-state index contributed by atoms with van der Waals surface area (Å²) in [6.45, 7) is 9.17. The van der Waals surface area contributed by atoms with Gasteiger partial charge in [0, 0.05) is 11.1 Å². The summed E-state index contributed by atoms with van der Waals surface area (Å²) in [6, 6.07) is 16.8. The van der Waals surface area contributed by atoms with Crippen LogP contribution in [0.2, 0.25) is 0 Å². The fourth-order valence-electron chi connectivity index (χ4n) is 3.43. The van der Waals surface area contributed by atoms with Crippen LogP contribution in [0.1, 0.15) is 59.7 Å². The second kappa shape index (κ2) is 12.0. The Kier molecular flexibility index (Phi) is 8.78. The number of amides is 2. The molecule has 0 radical (unpaired) electrons. The van der Waals surface area contributed by atoms with Gasteiger partial charge in [0.2, 0.25) is 0 Å². The van der Waals surface area contributed by atoms with Crippen molar-refractivity contribution < 1.29 is 23.5 Å². The van der Waals surface area contributed by atoms with Crippen molar-refractivity contribution in [3.63, 3.8) is 0 Å². The summed E-state index contributed by atoms with van der Waals surface area (Å²) in [4.78, 5) is 37.5. The SMILES string of the molecule is Cc1cccc(C(=O)N[C@H](C(=O)N/N=C/c2ccc(-c3cccc(C(=O)OC(C)C)c3)o2)C(C)C)c1. The predicted octanol–water partition coefficient (Wildman–Crippen LogP) is 4.72. The molecule has 0 bridgehead atoms. The molecule has 0 aliphatic heterocycles. The molecule has 3 rings (SSSR count). The van der Waals surface area contributed by atoms with E-state index in [1.165, 1.54) is 6.21 Å². The molecule has 1 aromatic heterocycles. The van der Waals surface area contributed by atoms with Crippen molar-refractivity contribution in [1.82, 2.24) is 10.7 Å². The summed E-state index contributed by atoms with van der Waals surface area (Å²) < 4.78 is 11.0. The van der Waals surface area contributed by atoms with E-state index < -0.39 is 17.9 Å². The highest BCUT2D eigenvalue weighted by Crippen LogP contribution is 2.23. The summed E-state index contributed by atoms with van der Waals surface area (Å²) in [5, 5.41) is 6.75. The fraction of sp³-hybridized carbons (Fsp3) is 0.286. The molecule has 8 nitrogen and oxygen atoms in total. The number of nitrogens with one attached hydrogen (secondary N) is 2.